The van der Waals surface area contributed by atoms with Crippen molar-refractivity contribution in [3.63, 3.8) is 0 Å². The Balaban J connectivity index is 2.14. The molecule has 1 aromatic carbocycles. The van der Waals surface area contributed by atoms with Crippen molar-refractivity contribution >= 4 is 23.3 Å². The second kappa shape index (κ2) is 5.50. The van der Waals surface area contributed by atoms with E-state index in [0.29, 0.717) is 0 Å². The Hall–Kier alpha value is -2.08. The highest BCUT2D eigenvalue weighted by Crippen LogP contribution is 2.29. The van der Waals surface area contributed by atoms with Crippen LogP contribution in [0.1, 0.15) is 15.9 Å². The van der Waals surface area contributed by atoms with Gasteiger partial charge in [-0.15, -0.1) is 0 Å². The molecule has 1 N–H and O–H groups in total. The lowest BCUT2D eigenvalue weighted by Gasteiger charge is -2.08. The van der Waals surface area contributed by atoms with Crippen molar-refractivity contribution in [3.8, 4) is 0 Å². The number of alkyl halides is 3. The molecule has 2 aromatic rings. The van der Waals surface area contributed by atoms with Gasteiger partial charge in [0.05, 0.1) is 5.56 Å². The van der Waals surface area contributed by atoms with E-state index in [0.717, 1.165) is 24.3 Å². The van der Waals surface area contributed by atoms with Gasteiger partial charge in [-0.2, -0.15) is 13.2 Å². The quantitative estimate of drug-likeness (QED) is 0.852. The van der Waals surface area contributed by atoms with E-state index >= 15 is 0 Å². The van der Waals surface area contributed by atoms with E-state index in [-0.39, 0.29) is 16.5 Å². The van der Waals surface area contributed by atoms with Crippen LogP contribution in [0.4, 0.5) is 19.0 Å². The number of halogens is 4. The van der Waals surface area contributed by atoms with Crippen LogP contribution in [0.15, 0.2) is 42.5 Å². The number of benzene rings is 1. The van der Waals surface area contributed by atoms with Crippen molar-refractivity contribution < 1.29 is 18.0 Å². The average molecular weight is 301 g/mol. The minimum Gasteiger partial charge on any atom is -0.307 e. The lowest BCUT2D eigenvalue weighted by molar-refractivity contribution is -0.137. The fraction of sp³-hybridized carbons (Fsp3) is 0.0769. The molecule has 0 aliphatic rings. The van der Waals surface area contributed by atoms with Crippen LogP contribution >= 0.6 is 11.6 Å². The fourth-order valence-corrected chi connectivity index (χ4v) is 1.64. The molecule has 0 bridgehead atoms. The lowest BCUT2D eigenvalue weighted by atomic mass is 10.1. The van der Waals surface area contributed by atoms with Gasteiger partial charge in [-0.1, -0.05) is 17.7 Å². The van der Waals surface area contributed by atoms with Gasteiger partial charge in [-0.25, -0.2) is 4.98 Å². The molecule has 0 unspecified atom stereocenters. The summed E-state index contributed by atoms with van der Waals surface area (Å²) >= 11 is 5.66. The summed E-state index contributed by atoms with van der Waals surface area (Å²) in [5.41, 5.74) is -0.713. The van der Waals surface area contributed by atoms with Crippen molar-refractivity contribution in [1.82, 2.24) is 4.98 Å². The summed E-state index contributed by atoms with van der Waals surface area (Å²) in [6.45, 7) is 0. The molecule has 0 spiro atoms. The minimum absolute atomic E-state index is 0.0970. The largest absolute Gasteiger partial charge is 0.416 e. The van der Waals surface area contributed by atoms with E-state index in [9.17, 15) is 18.0 Å². The molecule has 7 heteroatoms. The molecule has 0 saturated heterocycles. The zero-order chi connectivity index (χ0) is 14.8. The molecule has 1 heterocycles. The summed E-state index contributed by atoms with van der Waals surface area (Å²) in [5.74, 6) is -0.337. The highest BCUT2D eigenvalue weighted by molar-refractivity contribution is 6.29. The number of pyridine rings is 1. The topological polar surface area (TPSA) is 42.0 Å². The molecule has 0 saturated carbocycles. The van der Waals surface area contributed by atoms with Gasteiger partial charge in [0.25, 0.3) is 5.91 Å². The smallest absolute Gasteiger partial charge is 0.307 e. The number of nitrogens with one attached hydrogen (secondary N) is 1. The Labute approximate surface area is 117 Å². The maximum absolute atomic E-state index is 12.4. The predicted octanol–water partition coefficient (Wildman–Crippen LogP) is 4.01. The third-order valence-corrected chi connectivity index (χ3v) is 2.64. The Morgan fingerprint density at radius 1 is 1.10 bits per heavy atom. The number of carbonyl (C=O) groups excluding carboxylic acids is 1. The summed E-state index contributed by atoms with van der Waals surface area (Å²) < 4.78 is 37.2. The molecule has 20 heavy (non-hydrogen) atoms. The molecule has 3 nitrogen and oxygen atoms in total. The van der Waals surface area contributed by atoms with Crippen LogP contribution in [0.3, 0.4) is 0 Å². The first-order chi connectivity index (χ1) is 9.36. The summed E-state index contributed by atoms with van der Waals surface area (Å²) in [6, 6.07) is 8.55. The van der Waals surface area contributed by atoms with Crippen molar-refractivity contribution in [1.29, 1.82) is 0 Å². The molecule has 1 amide bonds. The number of rotatable bonds is 2. The number of hydrogen-bond donors (Lipinski definition) is 1. The maximum atomic E-state index is 12.4. The maximum Gasteiger partial charge on any atom is 0.416 e. The van der Waals surface area contributed by atoms with E-state index in [1.54, 1.807) is 6.07 Å². The molecule has 0 fully saturated rings. The van der Waals surface area contributed by atoms with Gasteiger partial charge >= 0.3 is 6.18 Å². The Bertz CT molecular complexity index is 626. The molecule has 1 aromatic heterocycles. The molecule has 0 aliphatic heterocycles. The van der Waals surface area contributed by atoms with E-state index < -0.39 is 17.6 Å². The number of amides is 1. The second-order valence-electron chi connectivity index (χ2n) is 3.87. The van der Waals surface area contributed by atoms with E-state index in [1.165, 1.54) is 12.1 Å². The first kappa shape index (κ1) is 14.3. The Morgan fingerprint density at radius 3 is 2.30 bits per heavy atom. The Morgan fingerprint density at radius 2 is 1.75 bits per heavy atom. The van der Waals surface area contributed by atoms with Crippen LogP contribution in [0.5, 0.6) is 0 Å². The zero-order valence-electron chi connectivity index (χ0n) is 9.91. The normalized spacial score (nSPS) is 11.2. The van der Waals surface area contributed by atoms with Crippen LogP contribution in [-0.2, 0) is 6.18 Å². The van der Waals surface area contributed by atoms with Gasteiger partial charge in [-0.3, -0.25) is 4.79 Å². The van der Waals surface area contributed by atoms with Crippen LogP contribution in [-0.4, -0.2) is 10.9 Å². The highest BCUT2D eigenvalue weighted by atomic mass is 35.5. The van der Waals surface area contributed by atoms with Gasteiger partial charge in [0.15, 0.2) is 0 Å². The van der Waals surface area contributed by atoms with Crippen molar-refractivity contribution in [2.45, 2.75) is 6.18 Å². The third kappa shape index (κ3) is 3.48. The molecule has 0 aliphatic carbocycles. The van der Waals surface area contributed by atoms with Crippen molar-refractivity contribution in [2.75, 3.05) is 5.32 Å². The number of anilines is 1. The molecule has 0 atom stereocenters. The van der Waals surface area contributed by atoms with E-state index in [2.05, 4.69) is 10.3 Å². The summed E-state index contributed by atoms with van der Waals surface area (Å²) in [7, 11) is 0. The van der Waals surface area contributed by atoms with E-state index in [1.807, 2.05) is 0 Å². The predicted molar refractivity (Wildman–Crippen MR) is 68.6 cm³/mol. The molecular formula is C13H8ClF3N2O. The summed E-state index contributed by atoms with van der Waals surface area (Å²) in [5, 5.41) is 2.65. The fourth-order valence-electron chi connectivity index (χ4n) is 1.48. The monoisotopic (exact) mass is 300 g/mol. The number of aromatic nitrogens is 1. The van der Waals surface area contributed by atoms with Gasteiger partial charge in [0.2, 0.25) is 0 Å². The lowest BCUT2D eigenvalue weighted by Crippen LogP contribution is -2.13. The van der Waals surface area contributed by atoms with Gasteiger partial charge in [0, 0.05) is 5.56 Å². The number of nitrogens with zero attached hydrogens (tertiary/aromatic N) is 1. The number of carbonyl (C=O) groups is 1. The molecule has 2 rings (SSSR count). The minimum atomic E-state index is -4.43. The Kier molecular flexibility index (Phi) is 3.94. The second-order valence-corrected chi connectivity index (χ2v) is 4.26. The first-order valence-corrected chi connectivity index (χ1v) is 5.85. The van der Waals surface area contributed by atoms with Gasteiger partial charge in [0.1, 0.15) is 11.0 Å². The van der Waals surface area contributed by atoms with Gasteiger partial charge < -0.3 is 5.32 Å². The van der Waals surface area contributed by atoms with Crippen molar-refractivity contribution in [2.24, 2.45) is 0 Å². The highest BCUT2D eigenvalue weighted by Gasteiger charge is 2.30. The average Bonchev–Trinajstić information content (AvgIpc) is 2.38. The molecule has 104 valence electrons. The molecule has 0 radical (unpaired) electrons. The van der Waals surface area contributed by atoms with Crippen LogP contribution in [0.2, 0.25) is 5.15 Å². The van der Waals surface area contributed by atoms with Crippen molar-refractivity contribution in [3.05, 3.63) is 58.7 Å². The SMILES string of the molecule is O=C(Nc1cccc(Cl)n1)c1ccc(C(F)(F)F)cc1. The van der Waals surface area contributed by atoms with Crippen LogP contribution in [0.25, 0.3) is 0 Å². The third-order valence-electron chi connectivity index (χ3n) is 2.43. The first-order valence-electron chi connectivity index (χ1n) is 5.47. The van der Waals surface area contributed by atoms with Crippen LogP contribution < -0.4 is 5.32 Å². The summed E-state index contributed by atoms with van der Waals surface area (Å²) in [6.07, 6.45) is -4.43. The van der Waals surface area contributed by atoms with Crippen LogP contribution in [0, 0.1) is 0 Å². The molecular weight excluding hydrogens is 293 g/mol. The summed E-state index contributed by atoms with van der Waals surface area (Å²) in [4.78, 5) is 15.7. The van der Waals surface area contributed by atoms with E-state index in [4.69, 9.17) is 11.6 Å². The number of hydrogen-bond acceptors (Lipinski definition) is 2. The van der Waals surface area contributed by atoms with Gasteiger partial charge in [-0.05, 0) is 36.4 Å². The standard InChI is InChI=1S/C13H8ClF3N2O/c14-10-2-1-3-11(18-10)19-12(20)8-4-6-9(7-5-8)13(15,16)17/h1-7H,(H,18,19,20). The zero-order valence-corrected chi connectivity index (χ0v) is 10.7.